The van der Waals surface area contributed by atoms with E-state index < -0.39 is 6.04 Å². The van der Waals surface area contributed by atoms with Crippen LogP contribution < -0.4 is 5.73 Å². The van der Waals surface area contributed by atoms with Crippen molar-refractivity contribution in [3.05, 3.63) is 42.0 Å². The molecule has 98 valence electrons. The van der Waals surface area contributed by atoms with Gasteiger partial charge in [0.15, 0.2) is 0 Å². The van der Waals surface area contributed by atoms with Gasteiger partial charge in [-0.05, 0) is 24.1 Å². The number of nitrogens with two attached hydrogens (primary N) is 1. The van der Waals surface area contributed by atoms with E-state index in [1.54, 1.807) is 16.9 Å². The fourth-order valence-corrected chi connectivity index (χ4v) is 1.86. The number of hydrogen-bond donors (Lipinski definition) is 1. The highest BCUT2D eigenvalue weighted by atomic mass is 19.1. The van der Waals surface area contributed by atoms with Gasteiger partial charge in [-0.25, -0.2) is 4.39 Å². The Morgan fingerprint density at radius 1 is 1.47 bits per heavy atom. The Hall–Kier alpha value is -2.19. The number of aryl methyl sites for hydroxylation is 1. The first-order valence-corrected chi connectivity index (χ1v) is 6.10. The van der Waals surface area contributed by atoms with Crippen molar-refractivity contribution in [2.45, 2.75) is 25.9 Å². The van der Waals surface area contributed by atoms with Crippen LogP contribution >= 0.6 is 0 Å². The summed E-state index contributed by atoms with van der Waals surface area (Å²) in [4.78, 5) is 0. The van der Waals surface area contributed by atoms with Crippen LogP contribution in [0.4, 0.5) is 4.39 Å². The molecular formula is C14H15FN4. The minimum absolute atomic E-state index is 0.219. The van der Waals surface area contributed by atoms with Gasteiger partial charge in [0.2, 0.25) is 0 Å². The Kier molecular flexibility index (Phi) is 3.93. The lowest BCUT2D eigenvalue weighted by Gasteiger charge is -2.06. The van der Waals surface area contributed by atoms with Gasteiger partial charge in [0.25, 0.3) is 0 Å². The maximum absolute atomic E-state index is 13.9. The van der Waals surface area contributed by atoms with Crippen LogP contribution in [-0.2, 0) is 13.0 Å². The van der Waals surface area contributed by atoms with E-state index in [2.05, 4.69) is 5.10 Å². The van der Waals surface area contributed by atoms with E-state index in [0.717, 1.165) is 17.7 Å². The molecule has 0 aliphatic rings. The summed E-state index contributed by atoms with van der Waals surface area (Å²) in [6.45, 7) is 2.77. The summed E-state index contributed by atoms with van der Waals surface area (Å²) >= 11 is 0. The molecule has 0 amide bonds. The molecule has 19 heavy (non-hydrogen) atoms. The van der Waals surface area contributed by atoms with Crippen molar-refractivity contribution in [1.29, 1.82) is 5.26 Å². The third kappa shape index (κ3) is 2.98. The second-order valence-corrected chi connectivity index (χ2v) is 4.33. The summed E-state index contributed by atoms with van der Waals surface area (Å²) < 4.78 is 15.7. The number of halogens is 1. The van der Waals surface area contributed by atoms with Gasteiger partial charge in [0, 0.05) is 24.7 Å². The van der Waals surface area contributed by atoms with E-state index in [4.69, 9.17) is 11.0 Å². The summed E-state index contributed by atoms with van der Waals surface area (Å²) in [6.07, 6.45) is 3.80. The Bertz CT molecular complexity index is 612. The van der Waals surface area contributed by atoms with E-state index in [-0.39, 0.29) is 12.2 Å². The first kappa shape index (κ1) is 13.2. The molecule has 4 nitrogen and oxygen atoms in total. The van der Waals surface area contributed by atoms with Crippen molar-refractivity contribution in [3.63, 3.8) is 0 Å². The molecule has 2 N–H and O–H groups in total. The van der Waals surface area contributed by atoms with Crippen molar-refractivity contribution in [2.75, 3.05) is 0 Å². The molecule has 0 aliphatic carbocycles. The zero-order valence-electron chi connectivity index (χ0n) is 10.7. The molecule has 0 fully saturated rings. The van der Waals surface area contributed by atoms with Crippen LogP contribution in [0.1, 0.15) is 12.5 Å². The average molecular weight is 258 g/mol. The quantitative estimate of drug-likeness (QED) is 0.913. The zero-order valence-corrected chi connectivity index (χ0v) is 10.7. The summed E-state index contributed by atoms with van der Waals surface area (Å²) in [7, 11) is 0. The van der Waals surface area contributed by atoms with E-state index >= 15 is 0 Å². The van der Waals surface area contributed by atoms with Crippen LogP contribution in [0.25, 0.3) is 11.1 Å². The molecular weight excluding hydrogens is 243 g/mol. The molecule has 0 unspecified atom stereocenters. The second kappa shape index (κ2) is 5.63. The van der Waals surface area contributed by atoms with Gasteiger partial charge in [-0.15, -0.1) is 0 Å². The number of aromatic nitrogens is 2. The number of nitrogens with zero attached hydrogens (tertiary/aromatic N) is 3. The summed E-state index contributed by atoms with van der Waals surface area (Å²) in [6, 6.07) is 6.16. The van der Waals surface area contributed by atoms with Crippen LogP contribution in [0, 0.1) is 17.1 Å². The van der Waals surface area contributed by atoms with Crippen LogP contribution in [0.3, 0.4) is 0 Å². The van der Waals surface area contributed by atoms with E-state index in [1.165, 1.54) is 6.07 Å². The largest absolute Gasteiger partial charge is 0.316 e. The molecule has 0 bridgehead atoms. The van der Waals surface area contributed by atoms with Crippen LogP contribution in [-0.4, -0.2) is 15.8 Å². The molecule has 1 aromatic carbocycles. The third-order valence-corrected chi connectivity index (χ3v) is 2.95. The van der Waals surface area contributed by atoms with Gasteiger partial charge >= 0.3 is 0 Å². The van der Waals surface area contributed by atoms with Gasteiger partial charge in [-0.2, -0.15) is 10.4 Å². The lowest BCUT2D eigenvalue weighted by molar-refractivity contribution is 0.604. The Labute approximate surface area is 111 Å². The highest BCUT2D eigenvalue weighted by Crippen LogP contribution is 2.22. The van der Waals surface area contributed by atoms with Crippen molar-refractivity contribution in [2.24, 2.45) is 5.73 Å². The Balaban J connectivity index is 2.26. The highest BCUT2D eigenvalue weighted by molar-refractivity contribution is 5.62. The normalized spacial score (nSPS) is 12.1. The lowest BCUT2D eigenvalue weighted by Crippen LogP contribution is -2.20. The highest BCUT2D eigenvalue weighted by Gasteiger charge is 2.10. The molecule has 2 aromatic rings. The van der Waals surface area contributed by atoms with Gasteiger partial charge in [0.1, 0.15) is 5.82 Å². The summed E-state index contributed by atoms with van der Waals surface area (Å²) in [5.41, 5.74) is 7.60. The molecule has 0 radical (unpaired) electrons. The average Bonchev–Trinajstić information content (AvgIpc) is 2.89. The van der Waals surface area contributed by atoms with E-state index in [1.807, 2.05) is 25.3 Å². The topological polar surface area (TPSA) is 67.6 Å². The summed E-state index contributed by atoms with van der Waals surface area (Å²) in [5, 5.41) is 12.8. The minimum atomic E-state index is -0.678. The third-order valence-electron chi connectivity index (χ3n) is 2.95. The molecule has 0 spiro atoms. The molecule has 5 heteroatoms. The number of rotatable bonds is 4. The first-order chi connectivity index (χ1) is 9.13. The maximum Gasteiger partial charge on any atom is 0.127 e. The minimum Gasteiger partial charge on any atom is -0.316 e. The van der Waals surface area contributed by atoms with Gasteiger partial charge < -0.3 is 5.73 Å². The molecule has 0 saturated carbocycles. The first-order valence-electron chi connectivity index (χ1n) is 6.10. The Morgan fingerprint density at radius 2 is 2.26 bits per heavy atom. The fourth-order valence-electron chi connectivity index (χ4n) is 1.86. The number of nitriles is 1. The Morgan fingerprint density at radius 3 is 2.84 bits per heavy atom. The van der Waals surface area contributed by atoms with Gasteiger partial charge in [-0.3, -0.25) is 4.68 Å². The standard InChI is InChI=1S/C14H15FN4/c1-2-19-9-12(8-18-19)10-3-4-11(14(15)6-10)5-13(17)7-16/h3-4,6,8-9,13H,2,5,17H2,1H3/t13-/m0/s1. The predicted octanol–water partition coefficient (Wildman–Crippen LogP) is 2.10. The predicted molar refractivity (Wildman–Crippen MR) is 70.6 cm³/mol. The molecule has 1 atom stereocenters. The van der Waals surface area contributed by atoms with Crippen molar-refractivity contribution < 1.29 is 4.39 Å². The van der Waals surface area contributed by atoms with E-state index in [0.29, 0.717) is 5.56 Å². The molecule has 0 aliphatic heterocycles. The smallest absolute Gasteiger partial charge is 0.127 e. The molecule has 1 aromatic heterocycles. The van der Waals surface area contributed by atoms with Crippen molar-refractivity contribution in [3.8, 4) is 17.2 Å². The molecule has 1 heterocycles. The molecule has 2 rings (SSSR count). The van der Waals surface area contributed by atoms with Crippen LogP contribution in [0.5, 0.6) is 0 Å². The van der Waals surface area contributed by atoms with Crippen LogP contribution in [0.15, 0.2) is 30.6 Å². The number of benzene rings is 1. The summed E-state index contributed by atoms with van der Waals surface area (Å²) in [5.74, 6) is -0.340. The lowest BCUT2D eigenvalue weighted by atomic mass is 10.0. The monoisotopic (exact) mass is 258 g/mol. The van der Waals surface area contributed by atoms with E-state index in [9.17, 15) is 4.39 Å². The zero-order chi connectivity index (χ0) is 13.8. The SMILES string of the molecule is CCn1cc(-c2ccc(C[C@H](N)C#N)c(F)c2)cn1. The maximum atomic E-state index is 13.9. The second-order valence-electron chi connectivity index (χ2n) is 4.33. The fraction of sp³-hybridized carbons (Fsp3) is 0.286. The van der Waals surface area contributed by atoms with Gasteiger partial charge in [-0.1, -0.05) is 12.1 Å². The van der Waals surface area contributed by atoms with Gasteiger partial charge in [0.05, 0.1) is 18.3 Å². The van der Waals surface area contributed by atoms with Crippen molar-refractivity contribution >= 4 is 0 Å². The van der Waals surface area contributed by atoms with Crippen molar-refractivity contribution in [1.82, 2.24) is 9.78 Å². The number of hydrogen-bond acceptors (Lipinski definition) is 3. The van der Waals surface area contributed by atoms with Crippen LogP contribution in [0.2, 0.25) is 0 Å². The molecule has 0 saturated heterocycles.